The van der Waals surface area contributed by atoms with Crippen LogP contribution in [0, 0.1) is 0 Å². The van der Waals surface area contributed by atoms with Gasteiger partial charge in [0.2, 0.25) is 0 Å². The van der Waals surface area contributed by atoms with Gasteiger partial charge in [-0.15, -0.1) is 0 Å². The van der Waals surface area contributed by atoms with Crippen LogP contribution in [0.1, 0.15) is 38.3 Å². The highest BCUT2D eigenvalue weighted by Crippen LogP contribution is 2.24. The first-order chi connectivity index (χ1) is 8.77. The average Bonchev–Trinajstić information content (AvgIpc) is 2.72. The number of nitrogens with zero attached hydrogens (tertiary/aromatic N) is 2. The monoisotopic (exact) mass is 247 g/mol. The number of aryl methyl sites for hydroxylation is 1. The second-order valence-electron chi connectivity index (χ2n) is 4.52. The smallest absolute Gasteiger partial charge is 0.181 e. The number of anilines is 1. The molecule has 0 spiro atoms. The molecule has 0 aliphatic rings. The lowest BCUT2D eigenvalue weighted by Gasteiger charge is -2.01. The van der Waals surface area contributed by atoms with Crippen molar-refractivity contribution in [2.75, 3.05) is 12.8 Å². The largest absolute Gasteiger partial charge is 0.493 e. The molecule has 0 unspecified atom stereocenters. The molecule has 0 bridgehead atoms. The Morgan fingerprint density at radius 2 is 2.17 bits per heavy atom. The van der Waals surface area contributed by atoms with Crippen molar-refractivity contribution in [1.82, 2.24) is 9.38 Å². The van der Waals surface area contributed by atoms with Gasteiger partial charge in [0.25, 0.3) is 0 Å². The van der Waals surface area contributed by atoms with Crippen LogP contribution in [-0.4, -0.2) is 16.5 Å². The highest BCUT2D eigenvalue weighted by Gasteiger charge is 2.11. The van der Waals surface area contributed by atoms with Gasteiger partial charge in [0.05, 0.1) is 12.8 Å². The molecule has 0 amide bonds. The van der Waals surface area contributed by atoms with Crippen LogP contribution in [0.25, 0.3) is 5.65 Å². The summed E-state index contributed by atoms with van der Waals surface area (Å²) < 4.78 is 7.20. The van der Waals surface area contributed by atoms with E-state index in [-0.39, 0.29) is 0 Å². The minimum Gasteiger partial charge on any atom is -0.493 e. The molecule has 0 atom stereocenters. The van der Waals surface area contributed by atoms with Gasteiger partial charge in [-0.1, -0.05) is 26.2 Å². The summed E-state index contributed by atoms with van der Waals surface area (Å²) >= 11 is 0. The molecule has 0 aromatic carbocycles. The molecule has 2 aromatic rings. The van der Waals surface area contributed by atoms with Crippen molar-refractivity contribution in [3.63, 3.8) is 0 Å². The van der Waals surface area contributed by atoms with Gasteiger partial charge < -0.3 is 10.5 Å². The highest BCUT2D eigenvalue weighted by atomic mass is 16.5. The minimum absolute atomic E-state index is 0.736. The molecular weight excluding hydrogens is 226 g/mol. The summed E-state index contributed by atoms with van der Waals surface area (Å²) in [6.45, 7) is 2.21. The maximum Gasteiger partial charge on any atom is 0.181 e. The third kappa shape index (κ3) is 2.42. The SMILES string of the molecule is CCCCCCc1nc2c(OC)cccn2c1N. The van der Waals surface area contributed by atoms with Gasteiger partial charge in [0, 0.05) is 6.20 Å². The zero-order valence-corrected chi connectivity index (χ0v) is 11.1. The quantitative estimate of drug-likeness (QED) is 0.798. The summed E-state index contributed by atoms with van der Waals surface area (Å²) in [5, 5.41) is 0. The first-order valence-electron chi connectivity index (χ1n) is 6.57. The van der Waals surface area contributed by atoms with Crippen LogP contribution >= 0.6 is 0 Å². The van der Waals surface area contributed by atoms with E-state index in [1.807, 2.05) is 22.7 Å². The number of imidazole rings is 1. The molecule has 18 heavy (non-hydrogen) atoms. The molecule has 0 saturated carbocycles. The number of aromatic nitrogens is 2. The van der Waals surface area contributed by atoms with E-state index in [1.54, 1.807) is 7.11 Å². The van der Waals surface area contributed by atoms with Gasteiger partial charge in [-0.25, -0.2) is 4.98 Å². The summed E-state index contributed by atoms with van der Waals surface area (Å²) in [5.74, 6) is 1.50. The van der Waals surface area contributed by atoms with Gasteiger partial charge in [0.1, 0.15) is 5.82 Å². The summed E-state index contributed by atoms with van der Waals surface area (Å²) in [7, 11) is 1.65. The number of methoxy groups -OCH3 is 1. The molecule has 0 saturated heterocycles. The lowest BCUT2D eigenvalue weighted by atomic mass is 10.1. The van der Waals surface area contributed by atoms with Crippen molar-refractivity contribution in [3.8, 4) is 5.75 Å². The Morgan fingerprint density at radius 3 is 2.89 bits per heavy atom. The Morgan fingerprint density at radius 1 is 1.33 bits per heavy atom. The number of nitrogens with two attached hydrogens (primary N) is 1. The van der Waals surface area contributed by atoms with Gasteiger partial charge in [-0.05, 0) is 25.0 Å². The van der Waals surface area contributed by atoms with Crippen molar-refractivity contribution in [3.05, 3.63) is 24.0 Å². The molecule has 2 aromatic heterocycles. The molecule has 2 rings (SSSR count). The van der Waals surface area contributed by atoms with E-state index in [0.717, 1.165) is 35.8 Å². The second-order valence-corrected chi connectivity index (χ2v) is 4.52. The van der Waals surface area contributed by atoms with Crippen molar-refractivity contribution in [2.24, 2.45) is 0 Å². The van der Waals surface area contributed by atoms with E-state index < -0.39 is 0 Å². The Bertz CT molecular complexity index is 519. The number of fused-ring (bicyclic) bond motifs is 1. The summed E-state index contributed by atoms with van der Waals surface area (Å²) in [6, 6.07) is 3.83. The van der Waals surface area contributed by atoms with E-state index in [4.69, 9.17) is 10.5 Å². The van der Waals surface area contributed by atoms with Crippen molar-refractivity contribution in [2.45, 2.75) is 39.0 Å². The van der Waals surface area contributed by atoms with Crippen LogP contribution in [0.5, 0.6) is 5.75 Å². The molecule has 0 fully saturated rings. The van der Waals surface area contributed by atoms with Crippen LogP contribution in [0.2, 0.25) is 0 Å². The van der Waals surface area contributed by atoms with Crippen LogP contribution < -0.4 is 10.5 Å². The van der Waals surface area contributed by atoms with Gasteiger partial charge >= 0.3 is 0 Å². The van der Waals surface area contributed by atoms with E-state index in [0.29, 0.717) is 0 Å². The fraction of sp³-hybridized carbons (Fsp3) is 0.500. The molecule has 4 nitrogen and oxygen atoms in total. The van der Waals surface area contributed by atoms with E-state index in [2.05, 4.69) is 11.9 Å². The number of hydrogen-bond acceptors (Lipinski definition) is 3. The minimum atomic E-state index is 0.736. The van der Waals surface area contributed by atoms with Crippen LogP contribution in [0.15, 0.2) is 18.3 Å². The topological polar surface area (TPSA) is 52.5 Å². The molecule has 0 aliphatic carbocycles. The van der Waals surface area contributed by atoms with E-state index in [1.165, 1.54) is 19.3 Å². The summed E-state index contributed by atoms with van der Waals surface area (Å²) in [6.07, 6.45) is 7.77. The Balaban J connectivity index is 2.21. The van der Waals surface area contributed by atoms with Crippen molar-refractivity contribution < 1.29 is 4.74 Å². The molecule has 2 heterocycles. The second kappa shape index (κ2) is 5.76. The average molecular weight is 247 g/mol. The lowest BCUT2D eigenvalue weighted by Crippen LogP contribution is -1.97. The first kappa shape index (κ1) is 12.7. The molecule has 0 radical (unpaired) electrons. The highest BCUT2D eigenvalue weighted by molar-refractivity contribution is 5.61. The van der Waals surface area contributed by atoms with E-state index >= 15 is 0 Å². The molecule has 4 heteroatoms. The van der Waals surface area contributed by atoms with Gasteiger partial charge in [-0.2, -0.15) is 0 Å². The van der Waals surface area contributed by atoms with Crippen LogP contribution in [0.3, 0.4) is 0 Å². The summed E-state index contributed by atoms with van der Waals surface area (Å²) in [5.41, 5.74) is 7.91. The molecule has 0 aliphatic heterocycles. The Hall–Kier alpha value is -1.71. The summed E-state index contributed by atoms with van der Waals surface area (Å²) in [4.78, 5) is 4.59. The first-order valence-corrected chi connectivity index (χ1v) is 6.57. The number of rotatable bonds is 6. The fourth-order valence-corrected chi connectivity index (χ4v) is 2.17. The number of unbranched alkanes of at least 4 members (excludes halogenated alkanes) is 3. The lowest BCUT2D eigenvalue weighted by molar-refractivity contribution is 0.417. The van der Waals surface area contributed by atoms with Crippen molar-refractivity contribution >= 4 is 11.5 Å². The normalized spacial score (nSPS) is 11.0. The molecule has 98 valence electrons. The third-order valence-corrected chi connectivity index (χ3v) is 3.21. The number of pyridine rings is 1. The van der Waals surface area contributed by atoms with Crippen LogP contribution in [0.4, 0.5) is 5.82 Å². The molecular formula is C14H21N3O. The van der Waals surface area contributed by atoms with Crippen LogP contribution in [-0.2, 0) is 6.42 Å². The zero-order valence-electron chi connectivity index (χ0n) is 11.1. The van der Waals surface area contributed by atoms with Gasteiger partial charge in [0.15, 0.2) is 11.4 Å². The maximum atomic E-state index is 6.12. The Kier molecular flexibility index (Phi) is 4.07. The maximum absolute atomic E-state index is 6.12. The van der Waals surface area contributed by atoms with E-state index in [9.17, 15) is 0 Å². The number of hydrogen-bond donors (Lipinski definition) is 1. The Labute approximate surface area is 108 Å². The fourth-order valence-electron chi connectivity index (χ4n) is 2.17. The zero-order chi connectivity index (χ0) is 13.0. The molecule has 2 N–H and O–H groups in total. The third-order valence-electron chi connectivity index (χ3n) is 3.21. The predicted octanol–water partition coefficient (Wildman–Crippen LogP) is 3.05. The standard InChI is InChI=1S/C14H21N3O/c1-3-4-5-6-8-11-13(15)17-10-7-9-12(18-2)14(17)16-11/h7,9-10H,3-6,8,15H2,1-2H3. The van der Waals surface area contributed by atoms with Crippen molar-refractivity contribution in [1.29, 1.82) is 0 Å². The predicted molar refractivity (Wildman–Crippen MR) is 74.0 cm³/mol. The van der Waals surface area contributed by atoms with Gasteiger partial charge in [-0.3, -0.25) is 4.40 Å². The number of nitrogen functional groups attached to an aromatic ring is 1. The number of ether oxygens (including phenoxy) is 1.